The highest BCUT2D eigenvalue weighted by Crippen LogP contribution is 2.50. The zero-order valence-corrected chi connectivity index (χ0v) is 17.2. The highest BCUT2D eigenvalue weighted by atomic mass is 16.5. The Bertz CT molecular complexity index is 561. The van der Waals surface area contributed by atoms with Crippen LogP contribution in [0.2, 0.25) is 0 Å². The van der Waals surface area contributed by atoms with Crippen molar-refractivity contribution >= 4 is 11.8 Å². The first kappa shape index (κ1) is 20.6. The number of nitrogens with zero attached hydrogens (tertiary/aromatic N) is 3. The van der Waals surface area contributed by atoms with E-state index in [-0.39, 0.29) is 23.3 Å². The van der Waals surface area contributed by atoms with Gasteiger partial charge in [0.25, 0.3) is 0 Å². The van der Waals surface area contributed by atoms with E-state index in [0.717, 1.165) is 45.4 Å². The maximum atomic E-state index is 13.2. The molecule has 2 unspecified atom stereocenters. The predicted octanol–water partition coefficient (Wildman–Crippen LogP) is 0.676. The number of ether oxygens (including phenoxy) is 1. The van der Waals surface area contributed by atoms with Gasteiger partial charge < -0.3 is 20.3 Å². The third-order valence-corrected chi connectivity index (χ3v) is 6.90. The van der Waals surface area contributed by atoms with Crippen LogP contribution in [-0.4, -0.2) is 90.6 Å². The van der Waals surface area contributed by atoms with Crippen LogP contribution in [0.25, 0.3) is 0 Å². The minimum atomic E-state index is -0.854. The molecular formula is C20H36N4O3. The molecule has 2 N–H and O–H groups in total. The lowest BCUT2D eigenvalue weighted by Gasteiger charge is -2.58. The Balaban J connectivity index is 1.54. The van der Waals surface area contributed by atoms with Gasteiger partial charge in [0.15, 0.2) is 0 Å². The Morgan fingerprint density at radius 2 is 1.67 bits per heavy atom. The molecular weight excluding hydrogens is 344 g/mol. The molecule has 2 heterocycles. The summed E-state index contributed by atoms with van der Waals surface area (Å²) in [4.78, 5) is 31.7. The van der Waals surface area contributed by atoms with E-state index in [4.69, 9.17) is 10.5 Å². The maximum absolute atomic E-state index is 13.2. The number of hydrogen-bond acceptors (Lipinski definition) is 5. The van der Waals surface area contributed by atoms with Gasteiger partial charge in [-0.15, -0.1) is 0 Å². The minimum Gasteiger partial charge on any atom is -0.378 e. The summed E-state index contributed by atoms with van der Waals surface area (Å²) in [5.74, 6) is 0.262. The van der Waals surface area contributed by atoms with Crippen LogP contribution in [0.15, 0.2) is 0 Å². The van der Waals surface area contributed by atoms with E-state index in [1.807, 2.05) is 30.6 Å². The van der Waals surface area contributed by atoms with Crippen molar-refractivity contribution in [2.24, 2.45) is 11.1 Å². The number of nitrogens with two attached hydrogens (primary N) is 1. The first-order valence-electron chi connectivity index (χ1n) is 10.5. The monoisotopic (exact) mass is 380 g/mol. The van der Waals surface area contributed by atoms with Crippen molar-refractivity contribution in [2.75, 3.05) is 52.4 Å². The number of carbonyl (C=O) groups excluding carboxylic acids is 2. The number of likely N-dealkylation sites (tertiary alicyclic amines) is 1. The lowest BCUT2D eigenvalue weighted by Crippen LogP contribution is -2.76. The number of rotatable bonds is 5. The standard InChI is InChI=1S/C20H36N4O3/c1-4-27-16-14-20(21,19(16,2)3)18(26)24-11-7-8-22(12-13-24)15-17(25)23-9-5-6-10-23/h16H,4-15,21H2,1-3H3. The van der Waals surface area contributed by atoms with Crippen LogP contribution in [-0.2, 0) is 14.3 Å². The van der Waals surface area contributed by atoms with Crippen LogP contribution in [0.4, 0.5) is 0 Å². The summed E-state index contributed by atoms with van der Waals surface area (Å²) in [6.07, 6.45) is 3.74. The molecule has 1 aliphatic carbocycles. The molecule has 7 nitrogen and oxygen atoms in total. The summed E-state index contributed by atoms with van der Waals surface area (Å²) in [5, 5.41) is 0. The summed E-state index contributed by atoms with van der Waals surface area (Å²) in [6, 6.07) is 0. The van der Waals surface area contributed by atoms with Crippen molar-refractivity contribution in [1.82, 2.24) is 14.7 Å². The van der Waals surface area contributed by atoms with Crippen LogP contribution >= 0.6 is 0 Å². The highest BCUT2D eigenvalue weighted by Gasteiger charge is 2.63. The molecule has 154 valence electrons. The Hall–Kier alpha value is -1.18. The van der Waals surface area contributed by atoms with Gasteiger partial charge in [-0.1, -0.05) is 13.8 Å². The third kappa shape index (κ3) is 3.87. The van der Waals surface area contributed by atoms with Crippen LogP contribution < -0.4 is 5.73 Å². The molecule has 2 atom stereocenters. The molecule has 0 aromatic carbocycles. The van der Waals surface area contributed by atoms with Gasteiger partial charge in [-0.25, -0.2) is 0 Å². The third-order valence-electron chi connectivity index (χ3n) is 6.90. The van der Waals surface area contributed by atoms with E-state index in [1.54, 1.807) is 0 Å². The van der Waals surface area contributed by atoms with Crippen LogP contribution in [0, 0.1) is 5.41 Å². The molecule has 7 heteroatoms. The first-order chi connectivity index (χ1) is 12.8. The zero-order valence-electron chi connectivity index (χ0n) is 17.2. The topological polar surface area (TPSA) is 79.1 Å². The lowest BCUT2D eigenvalue weighted by atomic mass is 9.54. The van der Waals surface area contributed by atoms with Crippen molar-refractivity contribution < 1.29 is 14.3 Å². The Morgan fingerprint density at radius 1 is 1.00 bits per heavy atom. The summed E-state index contributed by atoms with van der Waals surface area (Å²) in [6.45, 7) is 11.9. The number of hydrogen-bond donors (Lipinski definition) is 1. The normalized spacial score (nSPS) is 31.5. The molecule has 2 saturated heterocycles. The van der Waals surface area contributed by atoms with Crippen molar-refractivity contribution in [1.29, 1.82) is 0 Å². The lowest BCUT2D eigenvalue weighted by molar-refractivity contribution is -0.179. The largest absolute Gasteiger partial charge is 0.378 e. The van der Waals surface area contributed by atoms with E-state index in [9.17, 15) is 9.59 Å². The molecule has 0 bridgehead atoms. The molecule has 0 aromatic rings. The van der Waals surface area contributed by atoms with E-state index >= 15 is 0 Å². The fourth-order valence-electron chi connectivity index (χ4n) is 4.67. The van der Waals surface area contributed by atoms with Gasteiger partial charge in [-0.2, -0.15) is 0 Å². The molecule has 3 fully saturated rings. The van der Waals surface area contributed by atoms with Crippen molar-refractivity contribution in [3.63, 3.8) is 0 Å². The summed E-state index contributed by atoms with van der Waals surface area (Å²) >= 11 is 0. The maximum Gasteiger partial charge on any atom is 0.243 e. The number of amides is 2. The van der Waals surface area contributed by atoms with E-state index < -0.39 is 5.54 Å². The molecule has 2 amide bonds. The van der Waals surface area contributed by atoms with Gasteiger partial charge in [0.1, 0.15) is 5.54 Å². The predicted molar refractivity (Wildman–Crippen MR) is 104 cm³/mol. The van der Waals surface area contributed by atoms with E-state index in [0.29, 0.717) is 32.7 Å². The highest BCUT2D eigenvalue weighted by molar-refractivity contribution is 5.89. The zero-order chi connectivity index (χ0) is 19.7. The molecule has 3 aliphatic rings. The van der Waals surface area contributed by atoms with Crippen molar-refractivity contribution in [3.8, 4) is 0 Å². The van der Waals surface area contributed by atoms with Gasteiger partial charge in [0.05, 0.1) is 12.6 Å². The Morgan fingerprint density at radius 3 is 2.30 bits per heavy atom. The second kappa shape index (κ2) is 8.05. The quantitative estimate of drug-likeness (QED) is 0.759. The molecule has 2 aliphatic heterocycles. The smallest absolute Gasteiger partial charge is 0.243 e. The summed E-state index contributed by atoms with van der Waals surface area (Å²) < 4.78 is 5.76. The molecule has 0 aromatic heterocycles. The second-order valence-corrected chi connectivity index (χ2v) is 8.85. The molecule has 0 radical (unpaired) electrons. The summed E-state index contributed by atoms with van der Waals surface area (Å²) in [5.41, 5.74) is 5.36. The van der Waals surface area contributed by atoms with E-state index in [1.165, 1.54) is 0 Å². The second-order valence-electron chi connectivity index (χ2n) is 8.85. The van der Waals surface area contributed by atoms with Crippen molar-refractivity contribution in [2.45, 2.75) is 58.1 Å². The van der Waals surface area contributed by atoms with Gasteiger partial charge in [0, 0.05) is 57.7 Å². The van der Waals surface area contributed by atoms with Crippen molar-refractivity contribution in [3.05, 3.63) is 0 Å². The molecule has 27 heavy (non-hydrogen) atoms. The summed E-state index contributed by atoms with van der Waals surface area (Å²) in [7, 11) is 0. The Kier molecular flexibility index (Phi) is 6.13. The molecule has 0 spiro atoms. The first-order valence-corrected chi connectivity index (χ1v) is 10.5. The SMILES string of the molecule is CCOC1CC(N)(C(=O)N2CCCN(CC(=O)N3CCCC3)CC2)C1(C)C. The minimum absolute atomic E-state index is 0.0381. The van der Waals surface area contributed by atoms with Gasteiger partial charge >= 0.3 is 0 Å². The van der Waals surface area contributed by atoms with Crippen LogP contribution in [0.5, 0.6) is 0 Å². The average Bonchev–Trinajstić information content (AvgIpc) is 3.08. The van der Waals surface area contributed by atoms with E-state index in [2.05, 4.69) is 4.90 Å². The van der Waals surface area contributed by atoms with Gasteiger partial charge in [-0.05, 0) is 26.2 Å². The van der Waals surface area contributed by atoms with Gasteiger partial charge in [0.2, 0.25) is 11.8 Å². The van der Waals surface area contributed by atoms with Gasteiger partial charge in [-0.3, -0.25) is 14.5 Å². The van der Waals surface area contributed by atoms with Crippen LogP contribution in [0.1, 0.15) is 46.5 Å². The fourth-order valence-corrected chi connectivity index (χ4v) is 4.67. The number of carbonyl (C=O) groups is 2. The average molecular weight is 381 g/mol. The molecule has 3 rings (SSSR count). The molecule has 1 saturated carbocycles. The fraction of sp³-hybridized carbons (Fsp3) is 0.900. The van der Waals surface area contributed by atoms with Crippen LogP contribution in [0.3, 0.4) is 0 Å². The Labute approximate surface area is 163 Å².